The Hall–Kier alpha value is -2.54. The molecule has 0 aromatic heterocycles. The van der Waals surface area contributed by atoms with Gasteiger partial charge in [-0.1, -0.05) is 17.7 Å². The molecule has 1 saturated heterocycles. The number of hydrogen-bond acceptors (Lipinski definition) is 5. The van der Waals surface area contributed by atoms with Gasteiger partial charge in [0.05, 0.1) is 25.7 Å². The Bertz CT molecular complexity index is 735. The molecule has 8 heteroatoms. The average molecular weight is 395 g/mol. The number of amides is 2. The van der Waals surface area contributed by atoms with E-state index in [-0.39, 0.29) is 24.3 Å². The van der Waals surface area contributed by atoms with Gasteiger partial charge in [0.2, 0.25) is 5.91 Å². The van der Waals surface area contributed by atoms with Crippen molar-refractivity contribution in [3.05, 3.63) is 40.9 Å². The first-order valence-corrected chi connectivity index (χ1v) is 8.99. The van der Waals surface area contributed by atoms with E-state index >= 15 is 0 Å². The second-order valence-corrected chi connectivity index (χ2v) is 6.54. The molecule has 2 amide bonds. The van der Waals surface area contributed by atoms with Crippen molar-refractivity contribution in [3.63, 3.8) is 0 Å². The van der Waals surface area contributed by atoms with Crippen LogP contribution in [-0.2, 0) is 14.3 Å². The van der Waals surface area contributed by atoms with Crippen LogP contribution in [0, 0.1) is 5.92 Å². The smallest absolute Gasteiger partial charge is 0.330 e. The Kier molecular flexibility index (Phi) is 7.67. The first-order valence-electron chi connectivity index (χ1n) is 8.61. The van der Waals surface area contributed by atoms with Gasteiger partial charge in [-0.2, -0.15) is 0 Å². The number of nitrogens with one attached hydrogen (secondary N) is 1. The van der Waals surface area contributed by atoms with Crippen LogP contribution < -0.4 is 10.1 Å². The van der Waals surface area contributed by atoms with Crippen LogP contribution in [0.25, 0.3) is 0 Å². The van der Waals surface area contributed by atoms with Crippen molar-refractivity contribution < 1.29 is 23.9 Å². The molecule has 0 unspecified atom stereocenters. The summed E-state index contributed by atoms with van der Waals surface area (Å²) in [4.78, 5) is 37.9. The van der Waals surface area contributed by atoms with Crippen LogP contribution in [0.3, 0.4) is 0 Å². The number of esters is 1. The molecule has 1 aromatic carbocycles. The van der Waals surface area contributed by atoms with Crippen molar-refractivity contribution in [2.75, 3.05) is 33.9 Å². The zero-order chi connectivity index (χ0) is 19.8. The van der Waals surface area contributed by atoms with Gasteiger partial charge in [-0.05, 0) is 31.0 Å². The van der Waals surface area contributed by atoms with Gasteiger partial charge in [0.25, 0.3) is 5.91 Å². The lowest BCUT2D eigenvalue weighted by Crippen LogP contribution is -2.45. The Morgan fingerprint density at radius 3 is 2.81 bits per heavy atom. The number of hydrogen-bond donors (Lipinski definition) is 1. The summed E-state index contributed by atoms with van der Waals surface area (Å²) in [5.74, 6) is -0.699. The van der Waals surface area contributed by atoms with E-state index in [1.54, 1.807) is 23.1 Å². The van der Waals surface area contributed by atoms with Gasteiger partial charge in [0.1, 0.15) is 5.75 Å². The molecule has 0 spiro atoms. The molecule has 27 heavy (non-hydrogen) atoms. The van der Waals surface area contributed by atoms with Gasteiger partial charge < -0.3 is 19.7 Å². The Morgan fingerprint density at radius 1 is 1.33 bits per heavy atom. The first-order chi connectivity index (χ1) is 13.0. The van der Waals surface area contributed by atoms with E-state index in [1.807, 2.05) is 0 Å². The van der Waals surface area contributed by atoms with Crippen molar-refractivity contribution in [2.24, 2.45) is 5.92 Å². The molecule has 1 atom stereocenters. The van der Waals surface area contributed by atoms with Crippen LogP contribution in [0.2, 0.25) is 5.02 Å². The molecule has 7 nitrogen and oxygen atoms in total. The monoisotopic (exact) mass is 394 g/mol. The van der Waals surface area contributed by atoms with Gasteiger partial charge in [0.15, 0.2) is 0 Å². The SMILES string of the molecule is COC(=O)/C=C/CNC(=O)[C@H]1CCCN(C(=O)c2cc(Cl)ccc2OC)C1. The molecular formula is C19H23ClN2O5. The Labute approximate surface area is 163 Å². The van der Waals surface area contributed by atoms with E-state index < -0.39 is 5.97 Å². The van der Waals surface area contributed by atoms with Crippen LogP contribution in [0.5, 0.6) is 5.75 Å². The molecule has 2 rings (SSSR count). The van der Waals surface area contributed by atoms with Crippen molar-refractivity contribution in [2.45, 2.75) is 12.8 Å². The number of rotatable bonds is 6. The molecule has 1 aliphatic rings. The number of methoxy groups -OCH3 is 2. The fourth-order valence-corrected chi connectivity index (χ4v) is 3.09. The van der Waals surface area contributed by atoms with Gasteiger partial charge in [0, 0.05) is 30.7 Å². The molecular weight excluding hydrogens is 372 g/mol. The summed E-state index contributed by atoms with van der Waals surface area (Å²) in [5.41, 5.74) is 0.382. The molecule has 1 N–H and O–H groups in total. The van der Waals surface area contributed by atoms with Crippen molar-refractivity contribution in [3.8, 4) is 5.75 Å². The molecule has 0 aliphatic carbocycles. The van der Waals surface area contributed by atoms with Crippen molar-refractivity contribution >= 4 is 29.4 Å². The maximum atomic E-state index is 12.9. The third-order valence-corrected chi connectivity index (χ3v) is 4.56. The largest absolute Gasteiger partial charge is 0.496 e. The minimum Gasteiger partial charge on any atom is -0.496 e. The maximum Gasteiger partial charge on any atom is 0.330 e. The van der Waals surface area contributed by atoms with E-state index in [9.17, 15) is 14.4 Å². The number of nitrogens with zero attached hydrogens (tertiary/aromatic N) is 1. The van der Waals surface area contributed by atoms with Gasteiger partial charge in [-0.25, -0.2) is 4.79 Å². The number of likely N-dealkylation sites (tertiary alicyclic amines) is 1. The van der Waals surface area contributed by atoms with E-state index in [2.05, 4.69) is 10.1 Å². The molecule has 1 fully saturated rings. The molecule has 1 aliphatic heterocycles. The minimum atomic E-state index is -0.478. The van der Waals surface area contributed by atoms with Crippen molar-refractivity contribution in [1.82, 2.24) is 10.2 Å². The standard InChI is InChI=1S/C19H23ClN2O5/c1-26-16-8-7-14(20)11-15(16)19(25)22-10-4-5-13(12-22)18(24)21-9-3-6-17(23)27-2/h3,6-8,11,13H,4-5,9-10,12H2,1-2H3,(H,21,24)/b6-3+/t13-/m0/s1. The first kappa shape index (κ1) is 20.8. The van der Waals surface area contributed by atoms with E-state index in [4.69, 9.17) is 16.3 Å². The molecule has 0 radical (unpaired) electrons. The highest BCUT2D eigenvalue weighted by Gasteiger charge is 2.29. The molecule has 1 aromatic rings. The lowest BCUT2D eigenvalue weighted by molar-refractivity contribution is -0.135. The predicted molar refractivity (Wildman–Crippen MR) is 101 cm³/mol. The average Bonchev–Trinajstić information content (AvgIpc) is 2.70. The predicted octanol–water partition coefficient (Wildman–Crippen LogP) is 2.05. The van der Waals surface area contributed by atoms with Crippen LogP contribution >= 0.6 is 11.6 Å². The summed E-state index contributed by atoms with van der Waals surface area (Å²) < 4.78 is 9.73. The fourth-order valence-electron chi connectivity index (χ4n) is 2.92. The molecule has 1 heterocycles. The molecule has 0 saturated carbocycles. The van der Waals surface area contributed by atoms with Gasteiger partial charge in [-0.15, -0.1) is 0 Å². The highest BCUT2D eigenvalue weighted by Crippen LogP contribution is 2.26. The second kappa shape index (κ2) is 9.97. The zero-order valence-corrected chi connectivity index (χ0v) is 16.1. The van der Waals surface area contributed by atoms with E-state index in [0.717, 1.165) is 6.42 Å². The van der Waals surface area contributed by atoms with Crippen LogP contribution in [0.15, 0.2) is 30.4 Å². The van der Waals surface area contributed by atoms with E-state index in [0.29, 0.717) is 35.8 Å². The van der Waals surface area contributed by atoms with E-state index in [1.165, 1.54) is 26.4 Å². The Balaban J connectivity index is 1.98. The number of ether oxygens (including phenoxy) is 2. The van der Waals surface area contributed by atoms with Crippen molar-refractivity contribution in [1.29, 1.82) is 0 Å². The summed E-state index contributed by atoms with van der Waals surface area (Å²) in [5, 5.41) is 3.19. The summed E-state index contributed by atoms with van der Waals surface area (Å²) in [6.45, 7) is 1.11. The highest BCUT2D eigenvalue weighted by molar-refractivity contribution is 6.31. The summed E-state index contributed by atoms with van der Waals surface area (Å²) in [6, 6.07) is 4.88. The number of carbonyl (C=O) groups excluding carboxylic acids is 3. The normalized spacial score (nSPS) is 16.9. The molecule has 0 bridgehead atoms. The summed E-state index contributed by atoms with van der Waals surface area (Å²) in [6.07, 6.45) is 4.20. The van der Waals surface area contributed by atoms with Crippen LogP contribution in [-0.4, -0.2) is 56.5 Å². The maximum absolute atomic E-state index is 12.9. The third kappa shape index (κ3) is 5.72. The highest BCUT2D eigenvalue weighted by atomic mass is 35.5. The van der Waals surface area contributed by atoms with Gasteiger partial charge >= 0.3 is 5.97 Å². The van der Waals surface area contributed by atoms with Crippen LogP contribution in [0.1, 0.15) is 23.2 Å². The summed E-state index contributed by atoms with van der Waals surface area (Å²) in [7, 11) is 2.78. The number of halogens is 1. The summed E-state index contributed by atoms with van der Waals surface area (Å²) >= 11 is 6.01. The lowest BCUT2D eigenvalue weighted by Gasteiger charge is -2.32. The quantitative estimate of drug-likeness (QED) is 0.589. The third-order valence-electron chi connectivity index (χ3n) is 4.32. The number of piperidine rings is 1. The lowest BCUT2D eigenvalue weighted by atomic mass is 9.96. The number of benzene rings is 1. The Morgan fingerprint density at radius 2 is 2.11 bits per heavy atom. The zero-order valence-electron chi connectivity index (χ0n) is 15.4. The fraction of sp³-hybridized carbons (Fsp3) is 0.421. The topological polar surface area (TPSA) is 84.9 Å². The molecule has 146 valence electrons. The minimum absolute atomic E-state index is 0.153. The number of carbonyl (C=O) groups is 3. The second-order valence-electron chi connectivity index (χ2n) is 6.11. The van der Waals surface area contributed by atoms with Crippen LogP contribution in [0.4, 0.5) is 0 Å². The van der Waals surface area contributed by atoms with Gasteiger partial charge in [-0.3, -0.25) is 9.59 Å².